The number of nitrogens with one attached hydrogen (secondary N) is 1. The van der Waals surface area contributed by atoms with Gasteiger partial charge in [-0.1, -0.05) is 15.9 Å². The largest absolute Gasteiger partial charge is 0.384 e. The van der Waals surface area contributed by atoms with Crippen LogP contribution in [0.2, 0.25) is 0 Å². The Morgan fingerprint density at radius 3 is 2.76 bits per heavy atom. The predicted molar refractivity (Wildman–Crippen MR) is 74.6 cm³/mol. The highest BCUT2D eigenvalue weighted by molar-refractivity contribution is 9.10. The number of morpholine rings is 1. The summed E-state index contributed by atoms with van der Waals surface area (Å²) in [6.45, 7) is 8.02. The van der Waals surface area contributed by atoms with Crippen LogP contribution in [0.5, 0.6) is 0 Å². The number of aryl methyl sites for hydroxylation is 1. The van der Waals surface area contributed by atoms with Crippen molar-refractivity contribution in [3.05, 3.63) is 28.2 Å². The Morgan fingerprint density at radius 1 is 1.29 bits per heavy atom. The Hall–Kier alpha value is -0.580. The van der Waals surface area contributed by atoms with Crippen LogP contribution in [0.4, 0.5) is 5.69 Å². The molecule has 0 spiro atoms. The van der Waals surface area contributed by atoms with E-state index in [0.717, 1.165) is 43.9 Å². The Morgan fingerprint density at radius 2 is 2.06 bits per heavy atom. The van der Waals surface area contributed by atoms with Gasteiger partial charge in [-0.25, -0.2) is 0 Å². The van der Waals surface area contributed by atoms with Crippen LogP contribution in [0.1, 0.15) is 5.56 Å². The molecule has 17 heavy (non-hydrogen) atoms. The van der Waals surface area contributed by atoms with E-state index < -0.39 is 0 Å². The van der Waals surface area contributed by atoms with Crippen LogP contribution in [-0.4, -0.2) is 44.3 Å². The maximum atomic E-state index is 5.33. The lowest BCUT2D eigenvalue weighted by Gasteiger charge is -2.26. The molecular formula is C13H19BrN2O. The van der Waals surface area contributed by atoms with Gasteiger partial charge in [0.05, 0.1) is 13.2 Å². The molecule has 0 radical (unpaired) electrons. The zero-order valence-electron chi connectivity index (χ0n) is 10.2. The molecule has 1 N–H and O–H groups in total. The molecule has 1 aliphatic heterocycles. The summed E-state index contributed by atoms with van der Waals surface area (Å²) >= 11 is 3.51. The third kappa shape index (κ3) is 4.30. The van der Waals surface area contributed by atoms with Crippen molar-refractivity contribution in [3.63, 3.8) is 0 Å². The van der Waals surface area contributed by atoms with Gasteiger partial charge in [-0.2, -0.15) is 0 Å². The second-order valence-corrected chi connectivity index (χ2v) is 5.31. The van der Waals surface area contributed by atoms with Crippen molar-refractivity contribution in [1.82, 2.24) is 4.90 Å². The van der Waals surface area contributed by atoms with Gasteiger partial charge >= 0.3 is 0 Å². The first-order valence-electron chi connectivity index (χ1n) is 6.05. The average Bonchev–Trinajstić information content (AvgIpc) is 2.29. The van der Waals surface area contributed by atoms with E-state index in [1.807, 2.05) is 0 Å². The van der Waals surface area contributed by atoms with Crippen molar-refractivity contribution in [2.45, 2.75) is 6.92 Å². The van der Waals surface area contributed by atoms with Crippen LogP contribution in [0, 0.1) is 6.92 Å². The summed E-state index contributed by atoms with van der Waals surface area (Å²) in [6.07, 6.45) is 0. The summed E-state index contributed by atoms with van der Waals surface area (Å²) < 4.78 is 6.46. The van der Waals surface area contributed by atoms with Gasteiger partial charge in [0.15, 0.2) is 0 Å². The third-order valence-corrected chi connectivity index (χ3v) is 3.36. The summed E-state index contributed by atoms with van der Waals surface area (Å²) in [7, 11) is 0. The van der Waals surface area contributed by atoms with Gasteiger partial charge in [-0.3, -0.25) is 4.90 Å². The molecule has 3 nitrogen and oxygen atoms in total. The van der Waals surface area contributed by atoms with Crippen molar-refractivity contribution in [3.8, 4) is 0 Å². The normalized spacial score (nSPS) is 17.1. The zero-order valence-corrected chi connectivity index (χ0v) is 11.8. The van der Waals surface area contributed by atoms with Gasteiger partial charge in [0.2, 0.25) is 0 Å². The molecule has 0 amide bonds. The molecule has 1 heterocycles. The smallest absolute Gasteiger partial charge is 0.0594 e. The van der Waals surface area contributed by atoms with Gasteiger partial charge in [0.25, 0.3) is 0 Å². The van der Waals surface area contributed by atoms with Gasteiger partial charge in [0, 0.05) is 36.3 Å². The Labute approximate surface area is 111 Å². The van der Waals surface area contributed by atoms with Crippen molar-refractivity contribution < 1.29 is 4.74 Å². The molecule has 1 aromatic carbocycles. The van der Waals surface area contributed by atoms with Crippen LogP contribution in [0.25, 0.3) is 0 Å². The number of rotatable bonds is 4. The minimum absolute atomic E-state index is 0.871. The summed E-state index contributed by atoms with van der Waals surface area (Å²) in [5, 5.41) is 3.46. The van der Waals surface area contributed by atoms with Gasteiger partial charge in [-0.05, 0) is 30.7 Å². The molecule has 0 aromatic heterocycles. The highest BCUT2D eigenvalue weighted by atomic mass is 79.9. The SMILES string of the molecule is Cc1cc(Br)cc(NCCN2CCOCC2)c1. The molecule has 1 saturated heterocycles. The molecule has 0 atom stereocenters. The lowest BCUT2D eigenvalue weighted by atomic mass is 10.2. The maximum Gasteiger partial charge on any atom is 0.0594 e. The molecule has 4 heteroatoms. The van der Waals surface area contributed by atoms with Crippen molar-refractivity contribution in [2.24, 2.45) is 0 Å². The second kappa shape index (κ2) is 6.38. The minimum atomic E-state index is 0.871. The standard InChI is InChI=1S/C13H19BrN2O/c1-11-8-12(14)10-13(9-11)15-2-3-16-4-6-17-7-5-16/h8-10,15H,2-7H2,1H3. The molecule has 94 valence electrons. The first-order valence-corrected chi connectivity index (χ1v) is 6.84. The van der Waals surface area contributed by atoms with Gasteiger partial charge in [0.1, 0.15) is 0 Å². The quantitative estimate of drug-likeness (QED) is 0.924. The van der Waals surface area contributed by atoms with Crippen molar-refractivity contribution >= 4 is 21.6 Å². The van der Waals surface area contributed by atoms with E-state index in [4.69, 9.17) is 4.74 Å². The highest BCUT2D eigenvalue weighted by Gasteiger charge is 2.09. The van der Waals surface area contributed by atoms with Crippen LogP contribution >= 0.6 is 15.9 Å². The number of benzene rings is 1. The average molecular weight is 299 g/mol. The number of nitrogens with zero attached hydrogens (tertiary/aromatic N) is 1. The van der Waals surface area contributed by atoms with Crippen LogP contribution in [-0.2, 0) is 4.74 Å². The maximum absolute atomic E-state index is 5.33. The summed E-state index contributed by atoms with van der Waals surface area (Å²) in [5.74, 6) is 0. The first-order chi connectivity index (χ1) is 8.24. The predicted octanol–water partition coefficient (Wildman–Crippen LogP) is 2.50. The molecule has 1 aliphatic rings. The van der Waals surface area contributed by atoms with E-state index in [9.17, 15) is 0 Å². The summed E-state index contributed by atoms with van der Waals surface area (Å²) in [4.78, 5) is 2.43. The van der Waals surface area contributed by atoms with Crippen molar-refractivity contribution in [2.75, 3.05) is 44.7 Å². The van der Waals surface area contributed by atoms with E-state index in [1.165, 1.54) is 11.3 Å². The lowest BCUT2D eigenvalue weighted by Crippen LogP contribution is -2.39. The number of halogens is 1. The summed E-state index contributed by atoms with van der Waals surface area (Å²) in [5.41, 5.74) is 2.46. The second-order valence-electron chi connectivity index (χ2n) is 4.40. The fraction of sp³-hybridized carbons (Fsp3) is 0.538. The van der Waals surface area contributed by atoms with E-state index in [-0.39, 0.29) is 0 Å². The van der Waals surface area contributed by atoms with Crippen molar-refractivity contribution in [1.29, 1.82) is 0 Å². The molecule has 0 saturated carbocycles. The lowest BCUT2D eigenvalue weighted by molar-refractivity contribution is 0.0398. The zero-order chi connectivity index (χ0) is 12.1. The topological polar surface area (TPSA) is 24.5 Å². The summed E-state index contributed by atoms with van der Waals surface area (Å²) in [6, 6.07) is 6.41. The van der Waals surface area contributed by atoms with Crippen LogP contribution in [0.15, 0.2) is 22.7 Å². The number of hydrogen-bond acceptors (Lipinski definition) is 3. The highest BCUT2D eigenvalue weighted by Crippen LogP contribution is 2.18. The first kappa shape index (κ1) is 12.9. The number of hydrogen-bond donors (Lipinski definition) is 1. The Bertz CT molecular complexity index is 344. The molecule has 0 unspecified atom stereocenters. The van der Waals surface area contributed by atoms with E-state index in [1.54, 1.807) is 0 Å². The molecule has 0 bridgehead atoms. The van der Waals surface area contributed by atoms with E-state index >= 15 is 0 Å². The van der Waals surface area contributed by atoms with Crippen LogP contribution < -0.4 is 5.32 Å². The Balaban J connectivity index is 1.77. The molecule has 1 fully saturated rings. The molecule has 1 aromatic rings. The molecule has 0 aliphatic carbocycles. The monoisotopic (exact) mass is 298 g/mol. The van der Waals surface area contributed by atoms with Gasteiger partial charge in [-0.15, -0.1) is 0 Å². The van der Waals surface area contributed by atoms with E-state index in [2.05, 4.69) is 51.3 Å². The van der Waals surface area contributed by atoms with Crippen LogP contribution in [0.3, 0.4) is 0 Å². The third-order valence-electron chi connectivity index (χ3n) is 2.90. The molecular weight excluding hydrogens is 280 g/mol. The fourth-order valence-corrected chi connectivity index (χ4v) is 2.63. The molecule has 2 rings (SSSR count). The number of ether oxygens (including phenoxy) is 1. The number of anilines is 1. The minimum Gasteiger partial charge on any atom is -0.384 e. The Kier molecular flexibility index (Phi) is 4.83. The fourth-order valence-electron chi connectivity index (χ4n) is 2.02. The van der Waals surface area contributed by atoms with Gasteiger partial charge < -0.3 is 10.1 Å². The van der Waals surface area contributed by atoms with E-state index in [0.29, 0.717) is 0 Å².